The van der Waals surface area contributed by atoms with E-state index in [1.54, 1.807) is 19.9 Å². The van der Waals surface area contributed by atoms with Crippen LogP contribution in [0.4, 0.5) is 0 Å². The monoisotopic (exact) mass is 250 g/mol. The van der Waals surface area contributed by atoms with Crippen LogP contribution in [0.1, 0.15) is 30.6 Å². The van der Waals surface area contributed by atoms with Crippen LogP contribution in [-0.4, -0.2) is 29.8 Å². The van der Waals surface area contributed by atoms with Crippen LogP contribution in [0.5, 0.6) is 5.75 Å². The van der Waals surface area contributed by atoms with Gasteiger partial charge in [-0.2, -0.15) is 0 Å². The molecule has 0 saturated heterocycles. The molecular weight excluding hydrogens is 235 g/mol. The lowest BCUT2D eigenvalue weighted by molar-refractivity contribution is -0.145. The molecule has 0 radical (unpaired) electrons. The van der Waals surface area contributed by atoms with Gasteiger partial charge in [0.2, 0.25) is 0 Å². The molecule has 0 amide bonds. The summed E-state index contributed by atoms with van der Waals surface area (Å²) in [4.78, 5) is 11.5. The highest BCUT2D eigenvalue weighted by molar-refractivity contribution is 6.62. The summed E-state index contributed by atoms with van der Waals surface area (Å²) >= 11 is 0. The van der Waals surface area contributed by atoms with Crippen molar-refractivity contribution in [1.82, 2.24) is 0 Å². The summed E-state index contributed by atoms with van der Waals surface area (Å²) in [6.07, 6.45) is -0.460. The highest BCUT2D eigenvalue weighted by atomic mass is 16.5. The molecule has 96 valence electrons. The van der Waals surface area contributed by atoms with Crippen molar-refractivity contribution in [3.63, 3.8) is 0 Å². The first kappa shape index (κ1) is 12.9. The zero-order valence-electron chi connectivity index (χ0n) is 10.3. The van der Waals surface area contributed by atoms with Gasteiger partial charge in [-0.3, -0.25) is 4.79 Å². The number of hydrogen-bond donors (Lipinski definition) is 2. The van der Waals surface area contributed by atoms with Crippen LogP contribution >= 0.6 is 0 Å². The van der Waals surface area contributed by atoms with E-state index in [9.17, 15) is 14.9 Å². The van der Waals surface area contributed by atoms with E-state index >= 15 is 0 Å². The van der Waals surface area contributed by atoms with Crippen molar-refractivity contribution in [3.05, 3.63) is 23.3 Å². The van der Waals surface area contributed by atoms with Gasteiger partial charge in [-0.05, 0) is 42.6 Å². The molecule has 2 N–H and O–H groups in total. The standard InChI is InChI=1S/C12H15BO5/c1-3-17-11(15)6-10-12-7(2)4-8(14)5-9(12)13(16)18-10/h4-5,10,14,16H,3,6H2,1-2H3/t10-/m1/s1. The first-order chi connectivity index (χ1) is 8.52. The van der Waals surface area contributed by atoms with Crippen LogP contribution < -0.4 is 5.46 Å². The van der Waals surface area contributed by atoms with E-state index in [2.05, 4.69) is 0 Å². The fourth-order valence-corrected chi connectivity index (χ4v) is 2.27. The number of phenolic OH excluding ortho intramolecular Hbond substituents is 1. The summed E-state index contributed by atoms with van der Waals surface area (Å²) in [5.41, 5.74) is 2.06. The van der Waals surface area contributed by atoms with Crippen LogP contribution in [0.3, 0.4) is 0 Å². The number of aryl methyl sites for hydroxylation is 1. The van der Waals surface area contributed by atoms with Gasteiger partial charge < -0.3 is 19.5 Å². The van der Waals surface area contributed by atoms with E-state index in [0.29, 0.717) is 12.1 Å². The summed E-state index contributed by atoms with van der Waals surface area (Å²) in [6, 6.07) is 3.04. The number of benzene rings is 1. The zero-order chi connectivity index (χ0) is 13.3. The second-order valence-corrected chi connectivity index (χ2v) is 4.25. The second kappa shape index (κ2) is 5.00. The van der Waals surface area contributed by atoms with Crippen molar-refractivity contribution in [2.24, 2.45) is 0 Å². The number of carbonyl (C=O) groups is 1. The molecule has 1 aliphatic heterocycles. The Morgan fingerprint density at radius 2 is 2.28 bits per heavy atom. The molecule has 0 fully saturated rings. The first-order valence-electron chi connectivity index (χ1n) is 5.85. The normalized spacial score (nSPS) is 17.7. The summed E-state index contributed by atoms with van der Waals surface area (Å²) in [5, 5.41) is 19.2. The van der Waals surface area contributed by atoms with E-state index in [4.69, 9.17) is 9.39 Å². The molecule has 1 aliphatic rings. The van der Waals surface area contributed by atoms with Crippen LogP contribution in [-0.2, 0) is 14.2 Å². The van der Waals surface area contributed by atoms with Crippen LogP contribution in [0, 0.1) is 6.92 Å². The predicted molar refractivity (Wildman–Crippen MR) is 65.5 cm³/mol. The predicted octanol–water partition coefficient (Wildman–Crippen LogP) is 0.413. The Morgan fingerprint density at radius 3 is 2.94 bits per heavy atom. The highest BCUT2D eigenvalue weighted by Crippen LogP contribution is 2.31. The quantitative estimate of drug-likeness (QED) is 0.600. The summed E-state index contributed by atoms with van der Waals surface area (Å²) in [7, 11) is -1.11. The zero-order valence-corrected chi connectivity index (χ0v) is 10.3. The van der Waals surface area contributed by atoms with Crippen molar-refractivity contribution in [2.45, 2.75) is 26.4 Å². The van der Waals surface area contributed by atoms with Crippen molar-refractivity contribution in [1.29, 1.82) is 0 Å². The topological polar surface area (TPSA) is 76.0 Å². The number of rotatable bonds is 3. The Hall–Kier alpha value is -1.53. The maximum absolute atomic E-state index is 11.5. The molecule has 0 aromatic heterocycles. The number of phenols is 1. The highest BCUT2D eigenvalue weighted by Gasteiger charge is 2.37. The minimum absolute atomic E-state index is 0.0590. The SMILES string of the molecule is CCOC(=O)C[C@H]1OB(O)c2cc(O)cc(C)c21. The molecule has 1 heterocycles. The molecule has 1 aromatic carbocycles. The number of fused-ring (bicyclic) bond motifs is 1. The Morgan fingerprint density at radius 1 is 1.56 bits per heavy atom. The van der Waals surface area contributed by atoms with E-state index in [1.807, 2.05) is 0 Å². The minimum atomic E-state index is -1.11. The third-order valence-corrected chi connectivity index (χ3v) is 2.94. The fraction of sp³-hybridized carbons (Fsp3) is 0.417. The van der Waals surface area contributed by atoms with Crippen LogP contribution in [0.25, 0.3) is 0 Å². The van der Waals surface area contributed by atoms with Crippen LogP contribution in [0.15, 0.2) is 12.1 Å². The Kier molecular flexibility index (Phi) is 3.59. The van der Waals surface area contributed by atoms with Crippen molar-refractivity contribution in [2.75, 3.05) is 6.61 Å². The number of ether oxygens (including phenoxy) is 1. The molecule has 18 heavy (non-hydrogen) atoms. The summed E-state index contributed by atoms with van der Waals surface area (Å²) in [5.74, 6) is -0.291. The molecule has 0 aliphatic carbocycles. The molecular formula is C12H15BO5. The lowest BCUT2D eigenvalue weighted by atomic mass is 9.77. The third-order valence-electron chi connectivity index (χ3n) is 2.94. The van der Waals surface area contributed by atoms with Crippen molar-refractivity contribution < 1.29 is 24.3 Å². The van der Waals surface area contributed by atoms with E-state index in [1.165, 1.54) is 6.07 Å². The molecule has 0 saturated carbocycles. The molecule has 0 unspecified atom stereocenters. The van der Waals surface area contributed by atoms with E-state index < -0.39 is 13.2 Å². The Labute approximate surface area is 105 Å². The summed E-state index contributed by atoms with van der Waals surface area (Å²) < 4.78 is 10.2. The first-order valence-corrected chi connectivity index (χ1v) is 5.85. The smallest absolute Gasteiger partial charge is 0.492 e. The van der Waals surface area contributed by atoms with Gasteiger partial charge in [0.05, 0.1) is 19.1 Å². The maximum atomic E-state index is 11.5. The van der Waals surface area contributed by atoms with Gasteiger partial charge in [-0.25, -0.2) is 0 Å². The number of carbonyl (C=O) groups excluding carboxylic acids is 1. The van der Waals surface area contributed by atoms with Gasteiger partial charge in [0.15, 0.2) is 0 Å². The van der Waals surface area contributed by atoms with E-state index in [-0.39, 0.29) is 18.1 Å². The van der Waals surface area contributed by atoms with Gasteiger partial charge >= 0.3 is 13.1 Å². The third kappa shape index (κ3) is 2.35. The van der Waals surface area contributed by atoms with Gasteiger partial charge in [0.1, 0.15) is 5.75 Å². The molecule has 5 nitrogen and oxygen atoms in total. The largest absolute Gasteiger partial charge is 0.508 e. The molecule has 1 atom stereocenters. The number of hydrogen-bond acceptors (Lipinski definition) is 5. The van der Waals surface area contributed by atoms with Crippen molar-refractivity contribution >= 4 is 18.6 Å². The maximum Gasteiger partial charge on any atom is 0.492 e. The fourth-order valence-electron chi connectivity index (χ4n) is 2.27. The van der Waals surface area contributed by atoms with Crippen molar-refractivity contribution in [3.8, 4) is 5.75 Å². The lowest BCUT2D eigenvalue weighted by Gasteiger charge is -2.13. The Balaban J connectivity index is 2.27. The number of esters is 1. The minimum Gasteiger partial charge on any atom is -0.508 e. The van der Waals surface area contributed by atoms with Gasteiger partial charge in [-0.15, -0.1) is 0 Å². The Bertz CT molecular complexity index is 474. The molecule has 0 bridgehead atoms. The van der Waals surface area contributed by atoms with Crippen LogP contribution in [0.2, 0.25) is 0 Å². The van der Waals surface area contributed by atoms with Gasteiger partial charge in [0, 0.05) is 0 Å². The van der Waals surface area contributed by atoms with E-state index in [0.717, 1.165) is 11.1 Å². The molecule has 2 rings (SSSR count). The lowest BCUT2D eigenvalue weighted by Crippen LogP contribution is -2.28. The van der Waals surface area contributed by atoms with Gasteiger partial charge in [-0.1, -0.05) is 0 Å². The average Bonchev–Trinajstić information content (AvgIpc) is 2.55. The molecule has 1 aromatic rings. The average molecular weight is 250 g/mol. The second-order valence-electron chi connectivity index (χ2n) is 4.25. The summed E-state index contributed by atoms with van der Waals surface area (Å²) in [6.45, 7) is 3.85. The number of aromatic hydroxyl groups is 1. The van der Waals surface area contributed by atoms with Gasteiger partial charge in [0.25, 0.3) is 0 Å². The molecule has 6 heteroatoms. The molecule has 0 spiro atoms.